The maximum Gasteiger partial charge on any atom is 0.164 e. The van der Waals surface area contributed by atoms with Crippen LogP contribution in [0.2, 0.25) is 0 Å². The van der Waals surface area contributed by atoms with Gasteiger partial charge in [-0.1, -0.05) is 30.3 Å². The molecule has 0 saturated carbocycles. The van der Waals surface area contributed by atoms with Gasteiger partial charge in [0, 0.05) is 13.0 Å². The second kappa shape index (κ2) is 5.77. The Labute approximate surface area is 95.4 Å². The Morgan fingerprint density at radius 2 is 2.12 bits per heavy atom. The molecule has 1 heterocycles. The van der Waals surface area contributed by atoms with E-state index in [0.29, 0.717) is 26.2 Å². The molecule has 1 fully saturated rings. The van der Waals surface area contributed by atoms with Crippen LogP contribution in [0.5, 0.6) is 0 Å². The van der Waals surface area contributed by atoms with Gasteiger partial charge in [0.2, 0.25) is 0 Å². The molecule has 1 aromatic carbocycles. The number of ketones is 1. The van der Waals surface area contributed by atoms with Gasteiger partial charge in [-0.3, -0.25) is 4.79 Å². The number of rotatable bonds is 7. The fourth-order valence-corrected chi connectivity index (χ4v) is 1.51. The Morgan fingerprint density at radius 1 is 1.38 bits per heavy atom. The second-order valence-corrected chi connectivity index (χ2v) is 3.93. The molecule has 0 spiro atoms. The Kier molecular flexibility index (Phi) is 4.08. The number of Topliss-reactive ketones (excluding diaryl/α,β-unsaturated/α-hetero) is 1. The van der Waals surface area contributed by atoms with E-state index in [4.69, 9.17) is 9.47 Å². The summed E-state index contributed by atoms with van der Waals surface area (Å²) in [6.07, 6.45) is 1.25. The minimum absolute atomic E-state index is 0.103. The molecule has 1 aliphatic heterocycles. The fraction of sp³-hybridized carbons (Fsp3) is 0.462. The summed E-state index contributed by atoms with van der Waals surface area (Å²) in [6, 6.07) is 10.0. The maximum atomic E-state index is 11.3. The lowest BCUT2D eigenvalue weighted by Gasteiger charge is -2.03. The van der Waals surface area contributed by atoms with Crippen molar-refractivity contribution in [2.45, 2.75) is 25.6 Å². The Bertz CT molecular complexity index is 330. The van der Waals surface area contributed by atoms with Crippen molar-refractivity contribution in [3.8, 4) is 0 Å². The summed E-state index contributed by atoms with van der Waals surface area (Å²) in [6.45, 7) is 1.87. The minimum atomic E-state index is -0.103. The predicted octanol–water partition coefficient (Wildman–Crippen LogP) is 1.95. The number of benzene rings is 1. The summed E-state index contributed by atoms with van der Waals surface area (Å²) in [5, 5.41) is 0. The second-order valence-electron chi connectivity index (χ2n) is 3.93. The molecule has 1 unspecified atom stereocenters. The van der Waals surface area contributed by atoms with Crippen molar-refractivity contribution >= 4 is 5.78 Å². The summed E-state index contributed by atoms with van der Waals surface area (Å²) in [5.74, 6) is 0.211. The van der Waals surface area contributed by atoms with E-state index in [1.807, 2.05) is 30.3 Å². The Morgan fingerprint density at radius 3 is 2.81 bits per heavy atom. The molecule has 0 aliphatic carbocycles. The molecule has 3 nitrogen and oxygen atoms in total. The third-order valence-corrected chi connectivity index (χ3v) is 2.52. The van der Waals surface area contributed by atoms with Gasteiger partial charge in [0.05, 0.1) is 13.2 Å². The standard InChI is InChI=1S/C13H16O3/c14-12(13-10-16-13)7-4-8-15-9-11-5-2-1-3-6-11/h1-3,5-6,13H,4,7-10H2. The van der Waals surface area contributed by atoms with E-state index in [1.54, 1.807) is 0 Å². The summed E-state index contributed by atoms with van der Waals surface area (Å²) in [4.78, 5) is 11.3. The highest BCUT2D eigenvalue weighted by Gasteiger charge is 2.29. The lowest BCUT2D eigenvalue weighted by atomic mass is 10.2. The van der Waals surface area contributed by atoms with Crippen LogP contribution in [-0.4, -0.2) is 25.1 Å². The van der Waals surface area contributed by atoms with Gasteiger partial charge in [-0.25, -0.2) is 0 Å². The number of epoxide rings is 1. The molecule has 2 rings (SSSR count). The summed E-state index contributed by atoms with van der Waals surface area (Å²) in [7, 11) is 0. The number of hydrogen-bond donors (Lipinski definition) is 0. The van der Waals surface area contributed by atoms with Crippen molar-refractivity contribution in [1.82, 2.24) is 0 Å². The molecule has 0 N–H and O–H groups in total. The topological polar surface area (TPSA) is 38.8 Å². The molecule has 86 valence electrons. The predicted molar refractivity (Wildman–Crippen MR) is 60.1 cm³/mol. The maximum absolute atomic E-state index is 11.3. The van der Waals surface area contributed by atoms with Crippen molar-refractivity contribution in [3.63, 3.8) is 0 Å². The molecule has 1 aliphatic rings. The van der Waals surface area contributed by atoms with E-state index in [0.717, 1.165) is 6.42 Å². The monoisotopic (exact) mass is 220 g/mol. The lowest BCUT2D eigenvalue weighted by Crippen LogP contribution is -2.07. The van der Waals surface area contributed by atoms with Crippen LogP contribution in [0.1, 0.15) is 18.4 Å². The quantitative estimate of drug-likeness (QED) is 0.520. The van der Waals surface area contributed by atoms with Gasteiger partial charge in [-0.2, -0.15) is 0 Å². The van der Waals surface area contributed by atoms with Crippen molar-refractivity contribution in [2.24, 2.45) is 0 Å². The molecule has 0 aromatic heterocycles. The van der Waals surface area contributed by atoms with E-state index >= 15 is 0 Å². The molecule has 3 heteroatoms. The molecular weight excluding hydrogens is 204 g/mol. The molecule has 0 radical (unpaired) electrons. The van der Waals surface area contributed by atoms with Crippen LogP contribution in [0.25, 0.3) is 0 Å². The third kappa shape index (κ3) is 3.76. The van der Waals surface area contributed by atoms with E-state index in [2.05, 4.69) is 0 Å². The summed E-state index contributed by atoms with van der Waals surface area (Å²) in [5.41, 5.74) is 1.17. The zero-order chi connectivity index (χ0) is 11.2. The van der Waals surface area contributed by atoms with Crippen LogP contribution in [0.15, 0.2) is 30.3 Å². The molecule has 1 saturated heterocycles. The summed E-state index contributed by atoms with van der Waals surface area (Å²) >= 11 is 0. The third-order valence-electron chi connectivity index (χ3n) is 2.52. The first-order valence-corrected chi connectivity index (χ1v) is 5.62. The molecule has 1 atom stereocenters. The molecular formula is C13H16O3. The van der Waals surface area contributed by atoms with Crippen LogP contribution in [0.3, 0.4) is 0 Å². The van der Waals surface area contributed by atoms with Crippen LogP contribution in [-0.2, 0) is 20.9 Å². The smallest absolute Gasteiger partial charge is 0.164 e. The normalized spacial score (nSPS) is 18.4. The number of hydrogen-bond acceptors (Lipinski definition) is 3. The zero-order valence-electron chi connectivity index (χ0n) is 9.22. The van der Waals surface area contributed by atoms with Crippen molar-refractivity contribution < 1.29 is 14.3 Å². The average Bonchev–Trinajstić information content (AvgIpc) is 3.13. The average molecular weight is 220 g/mol. The van der Waals surface area contributed by atoms with Crippen molar-refractivity contribution in [1.29, 1.82) is 0 Å². The van der Waals surface area contributed by atoms with Gasteiger partial charge in [0.25, 0.3) is 0 Å². The van der Waals surface area contributed by atoms with Crippen molar-refractivity contribution in [3.05, 3.63) is 35.9 Å². The van der Waals surface area contributed by atoms with Gasteiger partial charge in [0.15, 0.2) is 5.78 Å². The highest BCUT2D eigenvalue weighted by Crippen LogP contribution is 2.13. The first-order valence-electron chi connectivity index (χ1n) is 5.62. The molecule has 0 amide bonds. The SMILES string of the molecule is O=C(CCCOCc1ccccc1)C1CO1. The van der Waals surface area contributed by atoms with Gasteiger partial charge < -0.3 is 9.47 Å². The first-order chi connectivity index (χ1) is 7.86. The first kappa shape index (κ1) is 11.3. The van der Waals surface area contributed by atoms with Crippen LogP contribution in [0, 0.1) is 0 Å². The van der Waals surface area contributed by atoms with Gasteiger partial charge in [-0.05, 0) is 12.0 Å². The van der Waals surface area contributed by atoms with E-state index < -0.39 is 0 Å². The highest BCUT2D eigenvalue weighted by atomic mass is 16.6. The van der Waals surface area contributed by atoms with Crippen LogP contribution in [0.4, 0.5) is 0 Å². The highest BCUT2D eigenvalue weighted by molar-refractivity contribution is 5.84. The van der Waals surface area contributed by atoms with Crippen LogP contribution < -0.4 is 0 Å². The van der Waals surface area contributed by atoms with Crippen molar-refractivity contribution in [2.75, 3.05) is 13.2 Å². The molecule has 1 aromatic rings. The minimum Gasteiger partial charge on any atom is -0.377 e. The Hall–Kier alpha value is -1.19. The summed E-state index contributed by atoms with van der Waals surface area (Å²) < 4.78 is 10.4. The van der Waals surface area contributed by atoms with E-state index in [1.165, 1.54) is 5.56 Å². The zero-order valence-corrected chi connectivity index (χ0v) is 9.22. The van der Waals surface area contributed by atoms with Gasteiger partial charge in [-0.15, -0.1) is 0 Å². The van der Waals surface area contributed by atoms with Crippen LogP contribution >= 0.6 is 0 Å². The largest absolute Gasteiger partial charge is 0.377 e. The van der Waals surface area contributed by atoms with Gasteiger partial charge >= 0.3 is 0 Å². The van der Waals surface area contributed by atoms with E-state index in [9.17, 15) is 4.79 Å². The Balaban J connectivity index is 1.53. The molecule has 0 bridgehead atoms. The number of carbonyl (C=O) groups excluding carboxylic acids is 1. The number of ether oxygens (including phenoxy) is 2. The number of carbonyl (C=O) groups is 1. The van der Waals surface area contributed by atoms with E-state index in [-0.39, 0.29) is 11.9 Å². The fourth-order valence-electron chi connectivity index (χ4n) is 1.51. The van der Waals surface area contributed by atoms with Gasteiger partial charge in [0.1, 0.15) is 6.10 Å². The lowest BCUT2D eigenvalue weighted by molar-refractivity contribution is -0.120. The molecule has 16 heavy (non-hydrogen) atoms.